The number of benzene rings is 2. The van der Waals surface area contributed by atoms with Crippen LogP contribution in [0.2, 0.25) is 0 Å². The first-order valence-electron chi connectivity index (χ1n) is 10.0. The van der Waals surface area contributed by atoms with Crippen LogP contribution in [0, 0.1) is 26.7 Å². The first-order valence-corrected chi connectivity index (χ1v) is 11.9. The number of nitrogens with zero attached hydrogens (tertiary/aromatic N) is 1. The van der Waals surface area contributed by atoms with Crippen molar-refractivity contribution in [3.05, 3.63) is 64.2 Å². The average molecular weight is 429 g/mol. The zero-order valence-electron chi connectivity index (χ0n) is 17.9. The number of Topliss-reactive ketones (excluding diaryl/α,β-unsaturated/α-hetero) is 1. The quantitative estimate of drug-likeness (QED) is 0.736. The minimum Gasteiger partial charge on any atom is -0.339 e. The normalized spacial score (nSPS) is 15.1. The number of hydrogen-bond donors (Lipinski definition) is 1. The summed E-state index contributed by atoms with van der Waals surface area (Å²) < 4.78 is 25.6. The van der Waals surface area contributed by atoms with Crippen LogP contribution >= 0.6 is 0 Å². The zero-order valence-corrected chi connectivity index (χ0v) is 18.7. The summed E-state index contributed by atoms with van der Waals surface area (Å²) in [5.41, 5.74) is 4.47. The summed E-state index contributed by atoms with van der Waals surface area (Å²) >= 11 is 0. The lowest BCUT2D eigenvalue weighted by atomic mass is 9.87. The van der Waals surface area contributed by atoms with Gasteiger partial charge < -0.3 is 4.90 Å². The maximum atomic E-state index is 12.9. The molecule has 1 amide bonds. The second kappa shape index (κ2) is 8.60. The van der Waals surface area contributed by atoms with Crippen LogP contribution in [0.5, 0.6) is 0 Å². The Morgan fingerprint density at radius 2 is 1.63 bits per heavy atom. The van der Waals surface area contributed by atoms with E-state index < -0.39 is 10.0 Å². The van der Waals surface area contributed by atoms with E-state index in [9.17, 15) is 18.0 Å². The maximum Gasteiger partial charge on any atom is 0.253 e. The standard InChI is InChI=1S/C23H28N2O4S/c1-15-5-8-20(17(3)13-15)22(26)18-9-11-25(12-10-18)23(27)19-7-6-16(2)21(14-19)24-30(4,28)29/h5-8,13-14,18,24H,9-12H2,1-4H3. The van der Waals surface area contributed by atoms with Crippen molar-refractivity contribution in [2.45, 2.75) is 33.6 Å². The zero-order chi connectivity index (χ0) is 22.1. The average Bonchev–Trinajstić information content (AvgIpc) is 2.68. The Kier molecular flexibility index (Phi) is 6.31. The Hall–Kier alpha value is -2.67. The van der Waals surface area contributed by atoms with E-state index in [1.54, 1.807) is 30.0 Å². The van der Waals surface area contributed by atoms with E-state index in [1.165, 1.54) is 0 Å². The number of anilines is 1. The lowest BCUT2D eigenvalue weighted by Gasteiger charge is -2.31. The predicted octanol–water partition coefficient (Wildman–Crippen LogP) is 3.72. The molecule has 1 fully saturated rings. The molecular weight excluding hydrogens is 400 g/mol. The highest BCUT2D eigenvalue weighted by Crippen LogP contribution is 2.26. The fraction of sp³-hybridized carbons (Fsp3) is 0.391. The number of amides is 1. The van der Waals surface area contributed by atoms with Crippen molar-refractivity contribution in [3.63, 3.8) is 0 Å². The van der Waals surface area contributed by atoms with E-state index >= 15 is 0 Å². The van der Waals surface area contributed by atoms with Gasteiger partial charge in [-0.15, -0.1) is 0 Å². The van der Waals surface area contributed by atoms with E-state index in [2.05, 4.69) is 4.72 Å². The summed E-state index contributed by atoms with van der Waals surface area (Å²) in [6, 6.07) is 10.9. The topological polar surface area (TPSA) is 83.6 Å². The molecule has 1 N–H and O–H groups in total. The smallest absolute Gasteiger partial charge is 0.253 e. The largest absolute Gasteiger partial charge is 0.339 e. The van der Waals surface area contributed by atoms with Crippen molar-refractivity contribution >= 4 is 27.4 Å². The Morgan fingerprint density at radius 1 is 0.967 bits per heavy atom. The highest BCUT2D eigenvalue weighted by Gasteiger charge is 2.29. The van der Waals surface area contributed by atoms with Crippen molar-refractivity contribution in [2.24, 2.45) is 5.92 Å². The number of carbonyl (C=O) groups is 2. The molecular formula is C23H28N2O4S. The van der Waals surface area contributed by atoms with Crippen LogP contribution in [0.3, 0.4) is 0 Å². The number of nitrogens with one attached hydrogen (secondary N) is 1. The molecule has 0 radical (unpaired) electrons. The monoisotopic (exact) mass is 428 g/mol. The Labute approximate surface area is 178 Å². The van der Waals surface area contributed by atoms with Gasteiger partial charge >= 0.3 is 0 Å². The van der Waals surface area contributed by atoms with Gasteiger partial charge in [-0.25, -0.2) is 8.42 Å². The molecule has 0 bridgehead atoms. The second-order valence-electron chi connectivity index (χ2n) is 8.15. The molecule has 0 spiro atoms. The Bertz CT molecular complexity index is 1080. The molecule has 3 rings (SSSR count). The molecule has 2 aromatic rings. The number of aryl methyl sites for hydroxylation is 3. The summed E-state index contributed by atoms with van der Waals surface area (Å²) in [4.78, 5) is 27.6. The van der Waals surface area contributed by atoms with Gasteiger partial charge in [-0.2, -0.15) is 0 Å². The summed E-state index contributed by atoms with van der Waals surface area (Å²) in [7, 11) is -3.43. The Balaban J connectivity index is 1.68. The van der Waals surface area contributed by atoms with Crippen molar-refractivity contribution in [2.75, 3.05) is 24.1 Å². The van der Waals surface area contributed by atoms with Crippen LogP contribution in [0.4, 0.5) is 5.69 Å². The summed E-state index contributed by atoms with van der Waals surface area (Å²) in [6.45, 7) is 6.75. The van der Waals surface area contributed by atoms with Gasteiger partial charge in [-0.05, 0) is 56.9 Å². The van der Waals surface area contributed by atoms with Gasteiger partial charge in [0.1, 0.15) is 0 Å². The lowest BCUT2D eigenvalue weighted by Crippen LogP contribution is -2.40. The third-order valence-electron chi connectivity index (χ3n) is 5.58. The van der Waals surface area contributed by atoms with Crippen LogP contribution in [-0.2, 0) is 10.0 Å². The van der Waals surface area contributed by atoms with Crippen molar-refractivity contribution in [1.29, 1.82) is 0 Å². The third-order valence-corrected chi connectivity index (χ3v) is 6.17. The van der Waals surface area contributed by atoms with Gasteiger partial charge in [0.05, 0.1) is 11.9 Å². The molecule has 0 saturated carbocycles. The fourth-order valence-electron chi connectivity index (χ4n) is 3.90. The number of carbonyl (C=O) groups excluding carboxylic acids is 2. The number of rotatable bonds is 5. The van der Waals surface area contributed by atoms with E-state index in [1.807, 2.05) is 32.0 Å². The van der Waals surface area contributed by atoms with Gasteiger partial charge in [0.15, 0.2) is 5.78 Å². The van der Waals surface area contributed by atoms with E-state index in [4.69, 9.17) is 0 Å². The number of sulfonamides is 1. The number of likely N-dealkylation sites (tertiary alicyclic amines) is 1. The van der Waals surface area contributed by atoms with E-state index in [0.717, 1.165) is 28.5 Å². The van der Waals surface area contributed by atoms with E-state index in [-0.39, 0.29) is 17.6 Å². The van der Waals surface area contributed by atoms with Crippen molar-refractivity contribution in [3.8, 4) is 0 Å². The Morgan fingerprint density at radius 3 is 2.23 bits per heavy atom. The first-order chi connectivity index (χ1) is 14.0. The van der Waals surface area contributed by atoms with Crippen molar-refractivity contribution in [1.82, 2.24) is 4.90 Å². The maximum absolute atomic E-state index is 12.9. The molecule has 1 saturated heterocycles. The van der Waals surface area contributed by atoms with Gasteiger partial charge in [0.2, 0.25) is 10.0 Å². The second-order valence-corrected chi connectivity index (χ2v) is 9.90. The molecule has 1 aliphatic rings. The number of ketones is 1. The molecule has 0 aliphatic carbocycles. The molecule has 0 aromatic heterocycles. The third kappa shape index (κ3) is 5.08. The fourth-order valence-corrected chi connectivity index (χ4v) is 4.52. The molecule has 7 heteroatoms. The highest BCUT2D eigenvalue weighted by atomic mass is 32.2. The van der Waals surface area contributed by atoms with Gasteiger partial charge in [0.25, 0.3) is 5.91 Å². The number of hydrogen-bond acceptors (Lipinski definition) is 4. The molecule has 160 valence electrons. The van der Waals surface area contributed by atoms with Gasteiger partial charge in [0, 0.05) is 30.1 Å². The highest BCUT2D eigenvalue weighted by molar-refractivity contribution is 7.92. The SMILES string of the molecule is Cc1ccc(C(=O)C2CCN(C(=O)c3ccc(C)c(NS(C)(=O)=O)c3)CC2)c(C)c1. The first kappa shape index (κ1) is 22.0. The molecule has 1 heterocycles. The molecule has 30 heavy (non-hydrogen) atoms. The van der Waals surface area contributed by atoms with Gasteiger partial charge in [-0.3, -0.25) is 14.3 Å². The summed E-state index contributed by atoms with van der Waals surface area (Å²) in [6.07, 6.45) is 2.33. The summed E-state index contributed by atoms with van der Waals surface area (Å²) in [5.74, 6) is -0.0884. The van der Waals surface area contributed by atoms with Crippen LogP contribution in [0.15, 0.2) is 36.4 Å². The minimum atomic E-state index is -3.43. The molecule has 0 atom stereocenters. The van der Waals surface area contributed by atoms with Gasteiger partial charge in [-0.1, -0.05) is 29.8 Å². The predicted molar refractivity (Wildman–Crippen MR) is 119 cm³/mol. The van der Waals surface area contributed by atoms with Crippen LogP contribution in [0.25, 0.3) is 0 Å². The minimum absolute atomic E-state index is 0.0871. The van der Waals surface area contributed by atoms with E-state index in [0.29, 0.717) is 37.2 Å². The van der Waals surface area contributed by atoms with Crippen LogP contribution < -0.4 is 4.72 Å². The number of piperidine rings is 1. The van der Waals surface area contributed by atoms with Crippen LogP contribution in [-0.4, -0.2) is 44.4 Å². The molecule has 2 aromatic carbocycles. The summed E-state index contributed by atoms with van der Waals surface area (Å²) in [5, 5.41) is 0. The molecule has 1 aliphatic heterocycles. The van der Waals surface area contributed by atoms with Crippen molar-refractivity contribution < 1.29 is 18.0 Å². The van der Waals surface area contributed by atoms with Crippen LogP contribution in [0.1, 0.15) is 50.2 Å². The molecule has 0 unspecified atom stereocenters. The lowest BCUT2D eigenvalue weighted by molar-refractivity contribution is 0.0650. The molecule has 6 nitrogen and oxygen atoms in total.